The fourth-order valence-corrected chi connectivity index (χ4v) is 2.57. The average Bonchev–Trinajstić information content (AvgIpc) is 3.10. The summed E-state index contributed by atoms with van der Waals surface area (Å²) in [6, 6.07) is 7.13. The molecule has 0 unspecified atom stereocenters. The fraction of sp³-hybridized carbons (Fsp3) is 0.444. The standard InChI is InChI=1S/C18H24N2O3/c1-3-20(13-16-5-4-12-23-16)17(21)11-8-14-6-9-15(10-7-14)18(22)19-2/h6-11,16H,3-5,12-13H2,1-2H3,(H,19,22)/b11-8-/t16-/m1/s1. The van der Waals surface area contributed by atoms with Crippen LogP contribution in [-0.2, 0) is 9.53 Å². The number of rotatable bonds is 6. The second-order valence-corrected chi connectivity index (χ2v) is 5.55. The maximum absolute atomic E-state index is 12.3. The number of hydrogen-bond donors (Lipinski definition) is 1. The Balaban J connectivity index is 1.94. The number of ether oxygens (including phenoxy) is 1. The van der Waals surface area contributed by atoms with E-state index in [1.54, 1.807) is 36.2 Å². The molecule has 0 aliphatic carbocycles. The van der Waals surface area contributed by atoms with Crippen LogP contribution in [0.2, 0.25) is 0 Å². The van der Waals surface area contributed by atoms with Crippen LogP contribution in [0.4, 0.5) is 0 Å². The summed E-state index contributed by atoms with van der Waals surface area (Å²) in [4.78, 5) is 25.6. The monoisotopic (exact) mass is 316 g/mol. The Kier molecular flexibility index (Phi) is 6.35. The smallest absolute Gasteiger partial charge is 0.251 e. The molecule has 1 aliphatic rings. The minimum atomic E-state index is -0.120. The molecule has 5 heteroatoms. The van der Waals surface area contributed by atoms with Crippen LogP contribution in [0.5, 0.6) is 0 Å². The highest BCUT2D eigenvalue weighted by molar-refractivity contribution is 5.94. The Hall–Kier alpha value is -2.14. The van der Waals surface area contributed by atoms with E-state index in [-0.39, 0.29) is 17.9 Å². The lowest BCUT2D eigenvalue weighted by Crippen LogP contribution is -2.36. The van der Waals surface area contributed by atoms with Crippen LogP contribution in [0.15, 0.2) is 30.3 Å². The summed E-state index contributed by atoms with van der Waals surface area (Å²) in [6.07, 6.45) is 5.61. The van der Waals surface area contributed by atoms with Crippen molar-refractivity contribution in [3.05, 3.63) is 41.5 Å². The van der Waals surface area contributed by atoms with Gasteiger partial charge in [0.1, 0.15) is 0 Å². The van der Waals surface area contributed by atoms with Gasteiger partial charge in [0.05, 0.1) is 6.10 Å². The van der Waals surface area contributed by atoms with Crippen molar-refractivity contribution < 1.29 is 14.3 Å². The molecule has 0 radical (unpaired) electrons. The van der Waals surface area contributed by atoms with Crippen molar-refractivity contribution in [2.24, 2.45) is 0 Å². The predicted octanol–water partition coefficient (Wildman–Crippen LogP) is 2.09. The van der Waals surface area contributed by atoms with E-state index in [9.17, 15) is 9.59 Å². The molecular formula is C18H24N2O3. The maximum Gasteiger partial charge on any atom is 0.251 e. The number of hydrogen-bond acceptors (Lipinski definition) is 3. The van der Waals surface area contributed by atoms with Crippen LogP contribution < -0.4 is 5.32 Å². The molecule has 23 heavy (non-hydrogen) atoms. The van der Waals surface area contributed by atoms with Crippen LogP contribution >= 0.6 is 0 Å². The summed E-state index contributed by atoms with van der Waals surface area (Å²) in [7, 11) is 1.60. The molecule has 1 saturated heterocycles. The lowest BCUT2D eigenvalue weighted by Gasteiger charge is -2.22. The van der Waals surface area contributed by atoms with E-state index >= 15 is 0 Å². The van der Waals surface area contributed by atoms with E-state index in [1.165, 1.54) is 0 Å². The predicted molar refractivity (Wildman–Crippen MR) is 90.1 cm³/mol. The van der Waals surface area contributed by atoms with Gasteiger partial charge in [0.15, 0.2) is 0 Å². The van der Waals surface area contributed by atoms with Crippen molar-refractivity contribution in [1.82, 2.24) is 10.2 Å². The summed E-state index contributed by atoms with van der Waals surface area (Å²) < 4.78 is 5.59. The molecule has 124 valence electrons. The topological polar surface area (TPSA) is 58.6 Å². The van der Waals surface area contributed by atoms with Crippen LogP contribution in [0.25, 0.3) is 6.08 Å². The Morgan fingerprint density at radius 2 is 2.09 bits per heavy atom. The number of nitrogens with one attached hydrogen (secondary N) is 1. The first kappa shape index (κ1) is 17.2. The van der Waals surface area contributed by atoms with Gasteiger partial charge in [-0.25, -0.2) is 0 Å². The molecule has 2 rings (SSSR count). The first-order valence-corrected chi connectivity index (χ1v) is 8.04. The highest BCUT2D eigenvalue weighted by Crippen LogP contribution is 2.14. The zero-order chi connectivity index (χ0) is 16.7. The number of carbonyl (C=O) groups is 2. The zero-order valence-corrected chi connectivity index (χ0v) is 13.7. The molecule has 0 saturated carbocycles. The van der Waals surface area contributed by atoms with E-state index in [2.05, 4.69) is 5.32 Å². The SMILES string of the molecule is CCN(C[C@H]1CCCO1)C(=O)/C=C\c1ccc(C(=O)NC)cc1. The molecule has 0 aromatic heterocycles. The van der Waals surface area contributed by atoms with Crippen LogP contribution in [-0.4, -0.2) is 49.6 Å². The number of benzene rings is 1. The molecule has 1 atom stereocenters. The molecule has 5 nitrogen and oxygen atoms in total. The van der Waals surface area contributed by atoms with Crippen molar-refractivity contribution in [2.45, 2.75) is 25.9 Å². The average molecular weight is 316 g/mol. The highest BCUT2D eigenvalue weighted by Gasteiger charge is 2.20. The normalized spacial score (nSPS) is 17.4. The second kappa shape index (κ2) is 8.48. The molecule has 1 aliphatic heterocycles. The largest absolute Gasteiger partial charge is 0.376 e. The Labute approximate surface area is 137 Å². The van der Waals surface area contributed by atoms with Gasteiger partial charge in [-0.15, -0.1) is 0 Å². The minimum Gasteiger partial charge on any atom is -0.376 e. The van der Waals surface area contributed by atoms with Crippen LogP contribution in [0.3, 0.4) is 0 Å². The van der Waals surface area contributed by atoms with Gasteiger partial charge in [-0.05, 0) is 43.5 Å². The van der Waals surface area contributed by atoms with Gasteiger partial charge in [0.2, 0.25) is 5.91 Å². The molecule has 0 spiro atoms. The maximum atomic E-state index is 12.3. The molecule has 2 amide bonds. The molecular weight excluding hydrogens is 292 g/mol. The van der Waals surface area contributed by atoms with Crippen molar-refractivity contribution in [3.8, 4) is 0 Å². The third-order valence-corrected chi connectivity index (χ3v) is 3.96. The van der Waals surface area contributed by atoms with E-state index in [4.69, 9.17) is 4.74 Å². The number of amides is 2. The fourth-order valence-electron chi connectivity index (χ4n) is 2.57. The first-order valence-electron chi connectivity index (χ1n) is 8.04. The zero-order valence-electron chi connectivity index (χ0n) is 13.7. The van der Waals surface area contributed by atoms with Gasteiger partial charge < -0.3 is 15.0 Å². The Morgan fingerprint density at radius 1 is 1.35 bits per heavy atom. The summed E-state index contributed by atoms with van der Waals surface area (Å²) in [5.41, 5.74) is 1.49. The van der Waals surface area contributed by atoms with Crippen molar-refractivity contribution in [1.29, 1.82) is 0 Å². The first-order chi connectivity index (χ1) is 11.1. The van der Waals surface area contributed by atoms with Crippen molar-refractivity contribution >= 4 is 17.9 Å². The van der Waals surface area contributed by atoms with Gasteiger partial charge in [-0.1, -0.05) is 12.1 Å². The second-order valence-electron chi connectivity index (χ2n) is 5.55. The van der Waals surface area contributed by atoms with Crippen molar-refractivity contribution in [2.75, 3.05) is 26.7 Å². The van der Waals surface area contributed by atoms with Gasteiger partial charge in [-0.2, -0.15) is 0 Å². The van der Waals surface area contributed by atoms with Crippen LogP contribution in [0, 0.1) is 0 Å². The van der Waals surface area contributed by atoms with E-state index in [0.717, 1.165) is 25.0 Å². The van der Waals surface area contributed by atoms with Gasteiger partial charge in [-0.3, -0.25) is 9.59 Å². The number of carbonyl (C=O) groups excluding carboxylic acids is 2. The van der Waals surface area contributed by atoms with Gasteiger partial charge in [0, 0.05) is 38.4 Å². The minimum absolute atomic E-state index is 0.0154. The summed E-state index contributed by atoms with van der Waals surface area (Å²) >= 11 is 0. The number of likely N-dealkylation sites (N-methyl/N-ethyl adjacent to an activating group) is 1. The van der Waals surface area contributed by atoms with Crippen LogP contribution in [0.1, 0.15) is 35.7 Å². The summed E-state index contributed by atoms with van der Waals surface area (Å²) in [5, 5.41) is 2.58. The molecule has 1 fully saturated rings. The van der Waals surface area contributed by atoms with E-state index in [0.29, 0.717) is 18.7 Å². The van der Waals surface area contributed by atoms with E-state index in [1.807, 2.05) is 19.1 Å². The lowest BCUT2D eigenvalue weighted by molar-refractivity contribution is -0.127. The third-order valence-electron chi connectivity index (χ3n) is 3.96. The number of nitrogens with zero attached hydrogens (tertiary/aromatic N) is 1. The summed E-state index contributed by atoms with van der Waals surface area (Å²) in [5.74, 6) is -0.135. The molecule has 1 aromatic rings. The van der Waals surface area contributed by atoms with Gasteiger partial charge >= 0.3 is 0 Å². The third kappa shape index (κ3) is 4.93. The highest BCUT2D eigenvalue weighted by atomic mass is 16.5. The molecule has 1 heterocycles. The Morgan fingerprint density at radius 3 is 2.65 bits per heavy atom. The molecule has 1 aromatic carbocycles. The van der Waals surface area contributed by atoms with Gasteiger partial charge in [0.25, 0.3) is 5.91 Å². The van der Waals surface area contributed by atoms with E-state index < -0.39 is 0 Å². The summed E-state index contributed by atoms with van der Waals surface area (Å²) in [6.45, 7) is 4.08. The Bertz CT molecular complexity index is 560. The lowest BCUT2D eigenvalue weighted by atomic mass is 10.1. The quantitative estimate of drug-likeness (QED) is 0.818. The molecule has 1 N–H and O–H groups in total. The molecule has 0 bridgehead atoms. The van der Waals surface area contributed by atoms with Crippen molar-refractivity contribution in [3.63, 3.8) is 0 Å².